The van der Waals surface area contributed by atoms with Crippen LogP contribution in [0, 0.1) is 13.8 Å². The largest absolute Gasteiger partial charge is 0.457 e. The lowest BCUT2D eigenvalue weighted by atomic mass is 10.0. The molecular formula is C20H26O. The Balaban J connectivity index is 2.34. The number of rotatable bonds is 4. The van der Waals surface area contributed by atoms with Crippen molar-refractivity contribution in [3.8, 4) is 11.5 Å². The van der Waals surface area contributed by atoms with Crippen LogP contribution in [-0.2, 0) is 0 Å². The van der Waals surface area contributed by atoms with Crippen LogP contribution >= 0.6 is 0 Å². The van der Waals surface area contributed by atoms with E-state index < -0.39 is 0 Å². The van der Waals surface area contributed by atoms with E-state index in [2.05, 4.69) is 77.9 Å². The molecule has 1 heteroatoms. The minimum absolute atomic E-state index is 0.510. The van der Waals surface area contributed by atoms with Gasteiger partial charge in [-0.25, -0.2) is 0 Å². The van der Waals surface area contributed by atoms with Gasteiger partial charge in [0.15, 0.2) is 0 Å². The van der Waals surface area contributed by atoms with Crippen molar-refractivity contribution in [3.63, 3.8) is 0 Å². The van der Waals surface area contributed by atoms with E-state index >= 15 is 0 Å². The average Bonchev–Trinajstić information content (AvgIpc) is 2.37. The van der Waals surface area contributed by atoms with Crippen LogP contribution in [0.4, 0.5) is 0 Å². The number of ether oxygens (including phenoxy) is 1. The first kappa shape index (κ1) is 15.6. The number of hydrogen-bond acceptors (Lipinski definition) is 1. The fraction of sp³-hybridized carbons (Fsp3) is 0.400. The third-order valence-corrected chi connectivity index (χ3v) is 3.72. The first-order chi connectivity index (χ1) is 9.85. The zero-order valence-electron chi connectivity index (χ0n) is 14.0. The maximum absolute atomic E-state index is 6.12. The maximum atomic E-state index is 6.12. The smallest absolute Gasteiger partial charge is 0.127 e. The highest BCUT2D eigenvalue weighted by Crippen LogP contribution is 2.29. The first-order valence-electron chi connectivity index (χ1n) is 7.76. The lowest BCUT2D eigenvalue weighted by molar-refractivity contribution is 0.479. The van der Waals surface area contributed by atoms with E-state index in [-0.39, 0.29) is 0 Å². The normalized spacial score (nSPS) is 11.2. The summed E-state index contributed by atoms with van der Waals surface area (Å²) < 4.78 is 6.12. The second-order valence-corrected chi connectivity index (χ2v) is 6.57. The Morgan fingerprint density at radius 1 is 0.619 bits per heavy atom. The van der Waals surface area contributed by atoms with Gasteiger partial charge in [0.25, 0.3) is 0 Å². The highest BCUT2D eigenvalue weighted by Gasteiger charge is 2.07. The molecule has 0 N–H and O–H groups in total. The van der Waals surface area contributed by atoms with Gasteiger partial charge in [-0.15, -0.1) is 0 Å². The average molecular weight is 282 g/mol. The third-order valence-electron chi connectivity index (χ3n) is 3.72. The third kappa shape index (κ3) is 4.10. The molecule has 0 saturated heterocycles. The van der Waals surface area contributed by atoms with Crippen LogP contribution in [0.25, 0.3) is 0 Å². The van der Waals surface area contributed by atoms with Gasteiger partial charge < -0.3 is 4.74 Å². The Labute approximate surface area is 129 Å². The number of benzene rings is 2. The molecule has 0 heterocycles. The Hall–Kier alpha value is -1.76. The minimum Gasteiger partial charge on any atom is -0.457 e. The Bertz CT molecular complexity index is 568. The minimum atomic E-state index is 0.510. The summed E-state index contributed by atoms with van der Waals surface area (Å²) in [4.78, 5) is 0. The van der Waals surface area contributed by atoms with Gasteiger partial charge in [0, 0.05) is 0 Å². The summed E-state index contributed by atoms with van der Waals surface area (Å²) in [5, 5.41) is 0. The molecule has 1 nitrogen and oxygen atoms in total. The molecule has 0 amide bonds. The van der Waals surface area contributed by atoms with Gasteiger partial charge in [0.1, 0.15) is 11.5 Å². The van der Waals surface area contributed by atoms with Crippen LogP contribution in [-0.4, -0.2) is 0 Å². The summed E-state index contributed by atoms with van der Waals surface area (Å²) in [6, 6.07) is 13.0. The summed E-state index contributed by atoms with van der Waals surface area (Å²) in [5.74, 6) is 2.88. The van der Waals surface area contributed by atoms with E-state index in [1.54, 1.807) is 0 Å². The molecule has 0 saturated carbocycles. The molecule has 112 valence electrons. The molecule has 0 bridgehead atoms. The van der Waals surface area contributed by atoms with Crippen LogP contribution in [0.15, 0.2) is 36.4 Å². The van der Waals surface area contributed by atoms with E-state index in [0.717, 1.165) is 11.5 Å². The van der Waals surface area contributed by atoms with E-state index in [4.69, 9.17) is 4.74 Å². The number of aryl methyl sites for hydroxylation is 2. The maximum Gasteiger partial charge on any atom is 0.127 e. The van der Waals surface area contributed by atoms with E-state index in [1.165, 1.54) is 22.3 Å². The molecule has 0 radical (unpaired) electrons. The predicted molar refractivity (Wildman–Crippen MR) is 90.6 cm³/mol. The lowest BCUT2D eigenvalue weighted by Gasteiger charge is -2.14. The molecule has 0 atom stereocenters. The Morgan fingerprint density at radius 2 is 1.00 bits per heavy atom. The SMILES string of the molecule is Cc1cc(Oc2cc(C)cc(C(C)C)c2)cc(C(C)C)c1. The molecular weight excluding hydrogens is 256 g/mol. The Morgan fingerprint density at radius 3 is 1.33 bits per heavy atom. The van der Waals surface area contributed by atoms with Crippen molar-refractivity contribution < 1.29 is 4.74 Å². The molecule has 0 aliphatic heterocycles. The zero-order valence-corrected chi connectivity index (χ0v) is 14.0. The lowest BCUT2D eigenvalue weighted by Crippen LogP contribution is -1.94. The van der Waals surface area contributed by atoms with Crippen LogP contribution in [0.1, 0.15) is 61.8 Å². The summed E-state index contributed by atoms with van der Waals surface area (Å²) >= 11 is 0. The van der Waals surface area contributed by atoms with E-state index in [0.29, 0.717) is 11.8 Å². The highest BCUT2D eigenvalue weighted by atomic mass is 16.5. The fourth-order valence-electron chi connectivity index (χ4n) is 2.47. The van der Waals surface area contributed by atoms with Gasteiger partial charge in [0.2, 0.25) is 0 Å². The molecule has 0 aromatic heterocycles. The van der Waals surface area contributed by atoms with E-state index in [9.17, 15) is 0 Å². The summed E-state index contributed by atoms with van der Waals surface area (Å²) in [6.45, 7) is 13.1. The standard InChI is InChI=1S/C20H26O/c1-13(2)17-7-15(5)9-19(11-17)21-20-10-16(6)8-18(12-20)14(3)4/h7-14H,1-6H3. The first-order valence-corrected chi connectivity index (χ1v) is 7.76. The van der Waals surface area contributed by atoms with Crippen LogP contribution < -0.4 is 4.74 Å². The Kier molecular flexibility index (Phi) is 4.72. The molecule has 0 aliphatic carbocycles. The summed E-state index contributed by atoms with van der Waals surface area (Å²) in [7, 11) is 0. The zero-order chi connectivity index (χ0) is 15.6. The molecule has 2 rings (SSSR count). The van der Waals surface area contributed by atoms with Gasteiger partial charge in [-0.2, -0.15) is 0 Å². The molecule has 2 aromatic carbocycles. The van der Waals surface area contributed by atoms with E-state index in [1.807, 2.05) is 0 Å². The van der Waals surface area contributed by atoms with Crippen molar-refractivity contribution >= 4 is 0 Å². The van der Waals surface area contributed by atoms with Gasteiger partial charge in [0.05, 0.1) is 0 Å². The van der Waals surface area contributed by atoms with Crippen molar-refractivity contribution in [2.24, 2.45) is 0 Å². The van der Waals surface area contributed by atoms with Crippen molar-refractivity contribution in [2.75, 3.05) is 0 Å². The van der Waals surface area contributed by atoms with Crippen molar-refractivity contribution in [1.82, 2.24) is 0 Å². The second-order valence-electron chi connectivity index (χ2n) is 6.57. The molecule has 0 spiro atoms. The van der Waals surface area contributed by atoms with Gasteiger partial charge in [-0.1, -0.05) is 39.8 Å². The van der Waals surface area contributed by atoms with Gasteiger partial charge in [-0.05, 0) is 72.2 Å². The van der Waals surface area contributed by atoms with Crippen LogP contribution in [0.2, 0.25) is 0 Å². The molecule has 2 aromatic rings. The molecule has 0 fully saturated rings. The monoisotopic (exact) mass is 282 g/mol. The van der Waals surface area contributed by atoms with Gasteiger partial charge >= 0.3 is 0 Å². The summed E-state index contributed by atoms with van der Waals surface area (Å²) in [5.41, 5.74) is 5.13. The fourth-order valence-corrected chi connectivity index (χ4v) is 2.47. The topological polar surface area (TPSA) is 9.23 Å². The highest BCUT2D eigenvalue weighted by molar-refractivity contribution is 5.41. The predicted octanol–water partition coefficient (Wildman–Crippen LogP) is 6.34. The van der Waals surface area contributed by atoms with Crippen molar-refractivity contribution in [1.29, 1.82) is 0 Å². The second kappa shape index (κ2) is 6.34. The molecule has 0 unspecified atom stereocenters. The number of hydrogen-bond donors (Lipinski definition) is 0. The van der Waals surface area contributed by atoms with Gasteiger partial charge in [-0.3, -0.25) is 0 Å². The van der Waals surface area contributed by atoms with Crippen LogP contribution in [0.3, 0.4) is 0 Å². The molecule has 0 aliphatic rings. The van der Waals surface area contributed by atoms with Crippen molar-refractivity contribution in [2.45, 2.75) is 53.4 Å². The summed E-state index contributed by atoms with van der Waals surface area (Å²) in [6.07, 6.45) is 0. The van der Waals surface area contributed by atoms with Crippen molar-refractivity contribution in [3.05, 3.63) is 58.7 Å². The quantitative estimate of drug-likeness (QED) is 0.635. The van der Waals surface area contributed by atoms with Crippen LogP contribution in [0.5, 0.6) is 11.5 Å². The molecule has 21 heavy (non-hydrogen) atoms.